The molecule has 1 N–H and O–H groups in total. The predicted molar refractivity (Wildman–Crippen MR) is 72.9 cm³/mol. The molecule has 0 aliphatic carbocycles. The van der Waals surface area contributed by atoms with Gasteiger partial charge in [0, 0.05) is 11.8 Å². The monoisotopic (exact) mass is 277 g/mol. The SMILES string of the molecule is COc1ccc(-c2cnc(Cl)cc2C(=O)O)c(C)c1. The molecule has 1 aromatic heterocycles. The van der Waals surface area contributed by atoms with Crippen LogP contribution in [0.1, 0.15) is 15.9 Å². The number of pyridine rings is 1. The fraction of sp³-hybridized carbons (Fsp3) is 0.143. The topological polar surface area (TPSA) is 59.4 Å². The van der Waals surface area contributed by atoms with E-state index in [9.17, 15) is 9.90 Å². The van der Waals surface area contributed by atoms with Crippen LogP contribution in [0.15, 0.2) is 30.5 Å². The Morgan fingerprint density at radius 1 is 1.32 bits per heavy atom. The van der Waals surface area contributed by atoms with Crippen LogP contribution in [-0.4, -0.2) is 23.2 Å². The minimum Gasteiger partial charge on any atom is -0.497 e. The zero-order chi connectivity index (χ0) is 14.0. The Kier molecular flexibility index (Phi) is 3.71. The maximum Gasteiger partial charge on any atom is 0.336 e. The first-order valence-electron chi connectivity index (χ1n) is 5.56. The van der Waals surface area contributed by atoms with Crippen molar-refractivity contribution in [2.45, 2.75) is 6.92 Å². The molecule has 0 saturated carbocycles. The summed E-state index contributed by atoms with van der Waals surface area (Å²) in [5, 5.41) is 9.39. The van der Waals surface area contributed by atoms with Crippen molar-refractivity contribution in [2.75, 3.05) is 7.11 Å². The maximum atomic E-state index is 11.3. The van der Waals surface area contributed by atoms with Gasteiger partial charge in [-0.2, -0.15) is 0 Å². The second kappa shape index (κ2) is 5.28. The molecule has 0 aliphatic heterocycles. The zero-order valence-electron chi connectivity index (χ0n) is 10.5. The first-order valence-corrected chi connectivity index (χ1v) is 5.94. The lowest BCUT2D eigenvalue weighted by atomic mass is 9.98. The van der Waals surface area contributed by atoms with Crippen molar-refractivity contribution < 1.29 is 14.6 Å². The summed E-state index contributed by atoms with van der Waals surface area (Å²) in [6, 6.07) is 6.78. The van der Waals surface area contributed by atoms with Gasteiger partial charge in [-0.3, -0.25) is 0 Å². The molecular weight excluding hydrogens is 266 g/mol. The molecule has 4 nitrogen and oxygen atoms in total. The van der Waals surface area contributed by atoms with Crippen LogP contribution >= 0.6 is 11.6 Å². The van der Waals surface area contributed by atoms with Crippen molar-refractivity contribution in [1.82, 2.24) is 4.98 Å². The number of aryl methyl sites for hydroxylation is 1. The summed E-state index contributed by atoms with van der Waals surface area (Å²) in [6.45, 7) is 1.89. The van der Waals surface area contributed by atoms with E-state index in [4.69, 9.17) is 16.3 Å². The highest BCUT2D eigenvalue weighted by Gasteiger charge is 2.15. The Labute approximate surface area is 115 Å². The van der Waals surface area contributed by atoms with E-state index in [1.165, 1.54) is 12.3 Å². The van der Waals surface area contributed by atoms with Crippen molar-refractivity contribution in [3.8, 4) is 16.9 Å². The molecule has 0 unspecified atom stereocenters. The van der Waals surface area contributed by atoms with E-state index in [0.29, 0.717) is 5.56 Å². The quantitative estimate of drug-likeness (QED) is 0.874. The van der Waals surface area contributed by atoms with Gasteiger partial charge in [-0.15, -0.1) is 0 Å². The van der Waals surface area contributed by atoms with Gasteiger partial charge in [-0.1, -0.05) is 17.7 Å². The highest BCUT2D eigenvalue weighted by molar-refractivity contribution is 6.29. The number of ether oxygens (including phenoxy) is 1. The number of methoxy groups -OCH3 is 1. The number of hydrogen-bond acceptors (Lipinski definition) is 3. The third-order valence-corrected chi connectivity index (χ3v) is 3.03. The number of aromatic nitrogens is 1. The molecule has 0 bridgehead atoms. The lowest BCUT2D eigenvalue weighted by Gasteiger charge is -2.10. The normalized spacial score (nSPS) is 10.3. The molecule has 0 radical (unpaired) electrons. The molecule has 1 heterocycles. The van der Waals surface area contributed by atoms with Gasteiger partial charge >= 0.3 is 5.97 Å². The van der Waals surface area contributed by atoms with Crippen molar-refractivity contribution in [3.63, 3.8) is 0 Å². The van der Waals surface area contributed by atoms with Crippen molar-refractivity contribution in [3.05, 3.63) is 46.7 Å². The van der Waals surface area contributed by atoms with E-state index < -0.39 is 5.97 Å². The maximum absolute atomic E-state index is 11.3. The average molecular weight is 278 g/mol. The van der Waals surface area contributed by atoms with Crippen LogP contribution in [0.5, 0.6) is 5.75 Å². The predicted octanol–water partition coefficient (Wildman–Crippen LogP) is 3.42. The molecule has 0 amide bonds. The summed E-state index contributed by atoms with van der Waals surface area (Å²) < 4.78 is 5.13. The van der Waals surface area contributed by atoms with Gasteiger partial charge in [-0.05, 0) is 36.2 Å². The fourth-order valence-corrected chi connectivity index (χ4v) is 2.04. The standard InChI is InChI=1S/C14H12ClNO3/c1-8-5-9(19-2)3-4-10(8)12-7-16-13(15)6-11(12)14(17)18/h3-7H,1-2H3,(H,17,18). The molecule has 19 heavy (non-hydrogen) atoms. The van der Waals surface area contributed by atoms with E-state index in [1.807, 2.05) is 19.1 Å². The smallest absolute Gasteiger partial charge is 0.336 e. The third-order valence-electron chi connectivity index (χ3n) is 2.82. The summed E-state index contributed by atoms with van der Waals surface area (Å²) in [7, 11) is 1.58. The number of rotatable bonds is 3. The Morgan fingerprint density at radius 2 is 2.05 bits per heavy atom. The van der Waals surface area contributed by atoms with Crippen molar-refractivity contribution >= 4 is 17.6 Å². The van der Waals surface area contributed by atoms with Gasteiger partial charge in [0.05, 0.1) is 12.7 Å². The number of carboxylic acid groups (broad SMARTS) is 1. The number of halogens is 1. The molecule has 0 fully saturated rings. The molecule has 2 rings (SSSR count). The number of carbonyl (C=O) groups is 1. The Bertz CT molecular complexity index is 641. The van der Waals surface area contributed by atoms with Crippen LogP contribution in [0.25, 0.3) is 11.1 Å². The van der Waals surface area contributed by atoms with Crippen LogP contribution in [0.4, 0.5) is 0 Å². The summed E-state index contributed by atoms with van der Waals surface area (Å²) in [5.74, 6) is -0.311. The lowest BCUT2D eigenvalue weighted by molar-refractivity contribution is 0.0697. The van der Waals surface area contributed by atoms with Crippen LogP contribution in [0.3, 0.4) is 0 Å². The second-order valence-corrected chi connectivity index (χ2v) is 4.43. The summed E-state index contributed by atoms with van der Waals surface area (Å²) >= 11 is 5.74. The molecule has 0 saturated heterocycles. The largest absolute Gasteiger partial charge is 0.497 e. The third kappa shape index (κ3) is 2.69. The van der Waals surface area contributed by atoms with Crippen LogP contribution in [-0.2, 0) is 0 Å². The molecule has 1 aromatic carbocycles. The summed E-state index contributed by atoms with van der Waals surface area (Å²) in [5.41, 5.74) is 2.37. The average Bonchev–Trinajstić information content (AvgIpc) is 2.39. The van der Waals surface area contributed by atoms with Crippen molar-refractivity contribution in [2.24, 2.45) is 0 Å². The highest BCUT2D eigenvalue weighted by atomic mass is 35.5. The van der Waals surface area contributed by atoms with Gasteiger partial charge in [0.1, 0.15) is 10.9 Å². The molecule has 0 atom stereocenters. The van der Waals surface area contributed by atoms with Gasteiger partial charge in [0.25, 0.3) is 0 Å². The lowest BCUT2D eigenvalue weighted by Crippen LogP contribution is -2.01. The number of hydrogen-bond donors (Lipinski definition) is 1. The molecule has 0 aliphatic rings. The van der Waals surface area contributed by atoms with Gasteiger partial charge < -0.3 is 9.84 Å². The molecular formula is C14H12ClNO3. The van der Waals surface area contributed by atoms with E-state index in [-0.39, 0.29) is 10.7 Å². The van der Waals surface area contributed by atoms with E-state index in [0.717, 1.165) is 16.9 Å². The van der Waals surface area contributed by atoms with Gasteiger partial charge in [0.15, 0.2) is 0 Å². The van der Waals surface area contributed by atoms with Crippen molar-refractivity contribution in [1.29, 1.82) is 0 Å². The number of benzene rings is 1. The minimum absolute atomic E-state index is 0.133. The first-order chi connectivity index (χ1) is 9.02. The minimum atomic E-state index is -1.03. The van der Waals surface area contributed by atoms with E-state index in [1.54, 1.807) is 13.2 Å². The Balaban J connectivity index is 2.62. The summed E-state index contributed by atoms with van der Waals surface area (Å²) in [6.07, 6.45) is 1.47. The molecule has 5 heteroatoms. The van der Waals surface area contributed by atoms with Gasteiger partial charge in [-0.25, -0.2) is 9.78 Å². The van der Waals surface area contributed by atoms with E-state index in [2.05, 4.69) is 4.98 Å². The Hall–Kier alpha value is -2.07. The number of carboxylic acids is 1. The molecule has 98 valence electrons. The van der Waals surface area contributed by atoms with E-state index >= 15 is 0 Å². The molecule has 2 aromatic rings. The second-order valence-electron chi connectivity index (χ2n) is 4.04. The van der Waals surface area contributed by atoms with Crippen LogP contribution in [0, 0.1) is 6.92 Å². The van der Waals surface area contributed by atoms with Crippen LogP contribution < -0.4 is 4.74 Å². The number of aromatic carboxylic acids is 1. The zero-order valence-corrected chi connectivity index (χ0v) is 11.2. The molecule has 0 spiro atoms. The fourth-order valence-electron chi connectivity index (χ4n) is 1.89. The highest BCUT2D eigenvalue weighted by Crippen LogP contribution is 2.30. The van der Waals surface area contributed by atoms with Gasteiger partial charge in [0.2, 0.25) is 0 Å². The Morgan fingerprint density at radius 3 is 2.63 bits per heavy atom. The number of nitrogens with zero attached hydrogens (tertiary/aromatic N) is 1. The summed E-state index contributed by atoms with van der Waals surface area (Å²) in [4.78, 5) is 15.2. The van der Waals surface area contributed by atoms with Crippen LogP contribution in [0.2, 0.25) is 5.15 Å². The first kappa shape index (κ1) is 13.4.